The number of anilines is 2. The summed E-state index contributed by atoms with van der Waals surface area (Å²) in [5.41, 5.74) is 11.5. The van der Waals surface area contributed by atoms with Crippen molar-refractivity contribution in [3.05, 3.63) is 43.0 Å². The summed E-state index contributed by atoms with van der Waals surface area (Å²) >= 11 is 0. The Balaban J connectivity index is 1.44. The van der Waals surface area contributed by atoms with Gasteiger partial charge in [0.05, 0.1) is 28.6 Å². The van der Waals surface area contributed by atoms with Gasteiger partial charge in [0.15, 0.2) is 11.6 Å². The molecule has 0 aromatic carbocycles. The Hall–Kier alpha value is -4.05. The number of piperazine rings is 1. The van der Waals surface area contributed by atoms with Gasteiger partial charge >= 0.3 is 0 Å². The highest BCUT2D eigenvalue weighted by molar-refractivity contribution is 5.96. The monoisotopic (exact) mass is 426 g/mol. The summed E-state index contributed by atoms with van der Waals surface area (Å²) in [6.07, 6.45) is 6.96. The van der Waals surface area contributed by atoms with Crippen LogP contribution < -0.4 is 10.6 Å². The normalized spacial score (nSPS) is 15.1. The Morgan fingerprint density at radius 2 is 1.88 bits per heavy atom. The first-order valence-corrected chi connectivity index (χ1v) is 10.5. The van der Waals surface area contributed by atoms with Gasteiger partial charge < -0.3 is 20.5 Å². The van der Waals surface area contributed by atoms with E-state index in [1.165, 1.54) is 0 Å². The van der Waals surface area contributed by atoms with Gasteiger partial charge in [-0.2, -0.15) is 5.10 Å². The summed E-state index contributed by atoms with van der Waals surface area (Å²) in [4.78, 5) is 26.3. The maximum atomic E-state index is 5.90. The Bertz CT molecular complexity index is 1430. The first-order valence-electron chi connectivity index (χ1n) is 10.5. The minimum absolute atomic E-state index is 0.595. The summed E-state index contributed by atoms with van der Waals surface area (Å²) < 4.78 is 0. The largest absolute Gasteiger partial charge is 0.397 e. The van der Waals surface area contributed by atoms with E-state index in [9.17, 15) is 0 Å². The molecule has 1 aliphatic heterocycles. The Kier molecular flexibility index (Phi) is 4.25. The molecule has 32 heavy (non-hydrogen) atoms. The van der Waals surface area contributed by atoms with Crippen molar-refractivity contribution < 1.29 is 0 Å². The standard InChI is InChI=1S/C22H22N10/c1-31-4-6-32(7-5-31)22-20-16(2-3-25-22)27-21(28-20)19-15-9-17(26-12-18(15)29-30-19)13-8-14(23)11-24-10-13/h2-3,8-12H,4-7,23H2,1H3,(H,27,28)(H,29,30). The second-order valence-electron chi connectivity index (χ2n) is 8.10. The van der Waals surface area contributed by atoms with Crippen molar-refractivity contribution in [3.63, 3.8) is 0 Å². The number of H-pyrrole nitrogens is 2. The highest BCUT2D eigenvalue weighted by atomic mass is 15.3. The van der Waals surface area contributed by atoms with E-state index in [1.54, 1.807) is 18.6 Å². The molecule has 0 aliphatic carbocycles. The number of imidazole rings is 1. The van der Waals surface area contributed by atoms with Gasteiger partial charge in [-0.15, -0.1) is 0 Å². The summed E-state index contributed by atoms with van der Waals surface area (Å²) in [7, 11) is 2.14. The van der Waals surface area contributed by atoms with Crippen molar-refractivity contribution in [1.29, 1.82) is 0 Å². The van der Waals surface area contributed by atoms with Crippen LogP contribution in [0.25, 0.3) is 44.7 Å². The molecule has 10 nitrogen and oxygen atoms in total. The predicted molar refractivity (Wildman–Crippen MR) is 124 cm³/mol. The molecule has 0 amide bonds. The number of pyridine rings is 3. The molecule has 0 atom stereocenters. The van der Waals surface area contributed by atoms with Crippen LogP contribution in [-0.2, 0) is 0 Å². The van der Waals surface area contributed by atoms with E-state index in [0.717, 1.165) is 70.9 Å². The van der Waals surface area contributed by atoms with E-state index in [4.69, 9.17) is 10.7 Å². The van der Waals surface area contributed by atoms with Gasteiger partial charge in [0.2, 0.25) is 0 Å². The van der Waals surface area contributed by atoms with E-state index in [-0.39, 0.29) is 0 Å². The van der Waals surface area contributed by atoms with Crippen LogP contribution in [0.3, 0.4) is 0 Å². The number of fused-ring (bicyclic) bond motifs is 2. The molecule has 1 saturated heterocycles. The van der Waals surface area contributed by atoms with Crippen molar-refractivity contribution in [3.8, 4) is 22.8 Å². The van der Waals surface area contributed by atoms with Crippen LogP contribution in [-0.4, -0.2) is 73.2 Å². The summed E-state index contributed by atoms with van der Waals surface area (Å²) in [5, 5.41) is 8.51. The number of nitrogens with one attached hydrogen (secondary N) is 2. The quantitative estimate of drug-likeness (QED) is 0.401. The van der Waals surface area contributed by atoms with Gasteiger partial charge in [0.25, 0.3) is 0 Å². The van der Waals surface area contributed by atoms with Crippen molar-refractivity contribution in [2.24, 2.45) is 0 Å². The number of aromatic nitrogens is 7. The minimum atomic E-state index is 0.595. The lowest BCUT2D eigenvalue weighted by Gasteiger charge is -2.33. The van der Waals surface area contributed by atoms with E-state index < -0.39 is 0 Å². The molecule has 4 N–H and O–H groups in total. The lowest BCUT2D eigenvalue weighted by molar-refractivity contribution is 0.312. The topological polar surface area (TPSA) is 129 Å². The number of nitrogens with zero attached hydrogens (tertiary/aromatic N) is 7. The molecule has 5 aromatic rings. The number of hydrogen-bond acceptors (Lipinski definition) is 8. The van der Waals surface area contributed by atoms with Crippen LogP contribution in [0.5, 0.6) is 0 Å². The van der Waals surface area contributed by atoms with Crippen LogP contribution in [0.4, 0.5) is 11.5 Å². The van der Waals surface area contributed by atoms with Crippen molar-refractivity contribution in [2.45, 2.75) is 0 Å². The average Bonchev–Trinajstić information content (AvgIpc) is 3.43. The van der Waals surface area contributed by atoms with Crippen molar-refractivity contribution >= 4 is 33.4 Å². The Morgan fingerprint density at radius 1 is 1.00 bits per heavy atom. The highest BCUT2D eigenvalue weighted by Crippen LogP contribution is 2.31. The fraction of sp³-hybridized carbons (Fsp3) is 0.227. The Morgan fingerprint density at radius 3 is 2.72 bits per heavy atom. The van der Waals surface area contributed by atoms with Crippen molar-refractivity contribution in [2.75, 3.05) is 43.9 Å². The highest BCUT2D eigenvalue weighted by Gasteiger charge is 2.21. The van der Waals surface area contributed by atoms with Gasteiger partial charge in [-0.05, 0) is 25.2 Å². The Labute approximate surface area is 183 Å². The fourth-order valence-corrected chi connectivity index (χ4v) is 4.14. The zero-order chi connectivity index (χ0) is 21.7. The van der Waals surface area contributed by atoms with E-state index >= 15 is 0 Å². The number of hydrogen-bond donors (Lipinski definition) is 3. The third kappa shape index (κ3) is 3.12. The van der Waals surface area contributed by atoms with E-state index in [0.29, 0.717) is 11.5 Å². The molecule has 1 aliphatic rings. The molecule has 5 aromatic heterocycles. The maximum Gasteiger partial charge on any atom is 0.159 e. The summed E-state index contributed by atoms with van der Waals surface area (Å²) in [6.45, 7) is 3.88. The molecular weight excluding hydrogens is 404 g/mol. The van der Waals surface area contributed by atoms with Crippen LogP contribution in [0.15, 0.2) is 43.0 Å². The molecule has 0 bridgehead atoms. The molecule has 0 radical (unpaired) electrons. The first kappa shape index (κ1) is 18.7. The van der Waals surface area contributed by atoms with Crippen molar-refractivity contribution in [1.82, 2.24) is 40.0 Å². The second kappa shape index (κ2) is 7.27. The molecule has 0 unspecified atom stereocenters. The molecular formula is C22H22N10. The second-order valence-corrected chi connectivity index (χ2v) is 8.10. The minimum Gasteiger partial charge on any atom is -0.397 e. The fourth-order valence-electron chi connectivity index (χ4n) is 4.14. The number of nitrogens with two attached hydrogens (primary N) is 1. The van der Waals surface area contributed by atoms with E-state index in [2.05, 4.69) is 47.0 Å². The van der Waals surface area contributed by atoms with Crippen LogP contribution in [0, 0.1) is 0 Å². The summed E-state index contributed by atoms with van der Waals surface area (Å²) in [5.74, 6) is 1.60. The van der Waals surface area contributed by atoms with Gasteiger partial charge in [0, 0.05) is 55.7 Å². The van der Waals surface area contributed by atoms with Gasteiger partial charge in [-0.3, -0.25) is 15.1 Å². The average molecular weight is 426 g/mol. The third-order valence-electron chi connectivity index (χ3n) is 5.91. The molecule has 0 spiro atoms. The third-order valence-corrected chi connectivity index (χ3v) is 5.91. The first-order chi connectivity index (χ1) is 15.7. The molecule has 6 rings (SSSR count). The molecule has 0 saturated carbocycles. The van der Waals surface area contributed by atoms with Crippen LogP contribution in [0.2, 0.25) is 0 Å². The zero-order valence-electron chi connectivity index (χ0n) is 17.6. The number of likely N-dealkylation sites (N-methyl/N-ethyl adjacent to an activating group) is 1. The van der Waals surface area contributed by atoms with Gasteiger partial charge in [-0.25, -0.2) is 9.97 Å². The van der Waals surface area contributed by atoms with Gasteiger partial charge in [-0.1, -0.05) is 0 Å². The maximum absolute atomic E-state index is 5.90. The van der Waals surface area contributed by atoms with Crippen LogP contribution >= 0.6 is 0 Å². The predicted octanol–water partition coefficient (Wildman–Crippen LogP) is 2.29. The molecule has 1 fully saturated rings. The number of rotatable bonds is 3. The lowest BCUT2D eigenvalue weighted by atomic mass is 10.1. The summed E-state index contributed by atoms with van der Waals surface area (Å²) in [6, 6.07) is 5.79. The molecule has 6 heterocycles. The van der Waals surface area contributed by atoms with Crippen LogP contribution in [0.1, 0.15) is 0 Å². The molecule has 10 heteroatoms. The zero-order valence-corrected chi connectivity index (χ0v) is 17.6. The number of nitrogen functional groups attached to an aromatic ring is 1. The van der Waals surface area contributed by atoms with E-state index in [1.807, 2.05) is 24.4 Å². The smallest absolute Gasteiger partial charge is 0.159 e. The lowest BCUT2D eigenvalue weighted by Crippen LogP contribution is -2.44. The van der Waals surface area contributed by atoms with Gasteiger partial charge in [0.1, 0.15) is 11.2 Å². The SMILES string of the molecule is CN1CCN(c2nccc3[nH]c(-c4n[nH]c5cnc(-c6cncc(N)c6)cc45)nc23)CC1. The number of aromatic amines is 2. The molecule has 160 valence electrons.